The minimum Gasteiger partial charge on any atom is -0.352 e. The standard InChI is InChI=1S/C15H23N3O/c1-9-7-10(2)17-12(4)15(9)11(3)16-8-14(19)18-13-5-6-13/h7,11,13,16H,5-6,8H2,1-4H3,(H,18,19). The van der Waals surface area contributed by atoms with Gasteiger partial charge in [-0.25, -0.2) is 0 Å². The van der Waals surface area contributed by atoms with Crippen molar-refractivity contribution < 1.29 is 4.79 Å². The zero-order valence-electron chi connectivity index (χ0n) is 12.2. The number of hydrogen-bond donors (Lipinski definition) is 2. The normalized spacial score (nSPS) is 16.2. The van der Waals surface area contributed by atoms with Crippen LogP contribution in [0.2, 0.25) is 0 Å². The molecule has 0 radical (unpaired) electrons. The Morgan fingerprint density at radius 1 is 1.42 bits per heavy atom. The van der Waals surface area contributed by atoms with Crippen molar-refractivity contribution in [2.24, 2.45) is 0 Å². The summed E-state index contributed by atoms with van der Waals surface area (Å²) in [5, 5.41) is 6.26. The second kappa shape index (κ2) is 5.70. The molecule has 0 saturated heterocycles. The molecule has 0 aromatic carbocycles. The summed E-state index contributed by atoms with van der Waals surface area (Å²) in [5.41, 5.74) is 4.51. The van der Waals surface area contributed by atoms with E-state index in [9.17, 15) is 4.79 Å². The van der Waals surface area contributed by atoms with Crippen LogP contribution in [-0.2, 0) is 4.79 Å². The zero-order valence-corrected chi connectivity index (χ0v) is 12.2. The van der Waals surface area contributed by atoms with Gasteiger partial charge in [0.15, 0.2) is 0 Å². The van der Waals surface area contributed by atoms with Crippen LogP contribution in [0.4, 0.5) is 0 Å². The summed E-state index contributed by atoms with van der Waals surface area (Å²) in [5.74, 6) is 0.0877. The lowest BCUT2D eigenvalue weighted by atomic mass is 10.0. The quantitative estimate of drug-likeness (QED) is 0.851. The van der Waals surface area contributed by atoms with Gasteiger partial charge < -0.3 is 10.6 Å². The number of hydrogen-bond acceptors (Lipinski definition) is 3. The molecule has 1 unspecified atom stereocenters. The molecule has 104 valence electrons. The first-order valence-corrected chi connectivity index (χ1v) is 6.95. The van der Waals surface area contributed by atoms with Crippen LogP contribution in [0.3, 0.4) is 0 Å². The van der Waals surface area contributed by atoms with Crippen molar-refractivity contribution in [2.45, 2.75) is 52.6 Å². The highest BCUT2D eigenvalue weighted by molar-refractivity contribution is 5.78. The smallest absolute Gasteiger partial charge is 0.234 e. The number of amides is 1. The van der Waals surface area contributed by atoms with E-state index in [0.29, 0.717) is 12.6 Å². The molecule has 4 heteroatoms. The molecule has 1 aliphatic rings. The number of rotatable bonds is 5. The molecule has 0 bridgehead atoms. The third-order valence-electron chi connectivity index (χ3n) is 3.53. The topological polar surface area (TPSA) is 54.0 Å². The van der Waals surface area contributed by atoms with Crippen LogP contribution < -0.4 is 10.6 Å². The Hall–Kier alpha value is -1.42. The van der Waals surface area contributed by atoms with Gasteiger partial charge in [-0.1, -0.05) is 0 Å². The molecule has 1 aromatic rings. The summed E-state index contributed by atoms with van der Waals surface area (Å²) in [4.78, 5) is 16.2. The summed E-state index contributed by atoms with van der Waals surface area (Å²) in [6, 6.07) is 2.65. The maximum atomic E-state index is 11.7. The minimum absolute atomic E-state index is 0.0877. The largest absolute Gasteiger partial charge is 0.352 e. The maximum Gasteiger partial charge on any atom is 0.234 e. The molecule has 0 aliphatic heterocycles. The Bertz CT molecular complexity index is 457. The van der Waals surface area contributed by atoms with Gasteiger partial charge in [0.05, 0.1) is 6.54 Å². The number of aryl methyl sites for hydroxylation is 3. The van der Waals surface area contributed by atoms with Crippen molar-refractivity contribution in [3.63, 3.8) is 0 Å². The summed E-state index contributed by atoms with van der Waals surface area (Å²) in [6.07, 6.45) is 2.25. The number of aromatic nitrogens is 1. The van der Waals surface area contributed by atoms with E-state index in [4.69, 9.17) is 0 Å². The van der Waals surface area contributed by atoms with Crippen LogP contribution in [0.15, 0.2) is 6.07 Å². The fraction of sp³-hybridized carbons (Fsp3) is 0.600. The Labute approximate surface area is 115 Å². The van der Waals surface area contributed by atoms with Gasteiger partial charge in [-0.2, -0.15) is 0 Å². The molecule has 2 N–H and O–H groups in total. The molecule has 1 heterocycles. The first kappa shape index (κ1) is 14.0. The number of carbonyl (C=O) groups excluding carboxylic acids is 1. The predicted molar refractivity (Wildman–Crippen MR) is 76.0 cm³/mol. The van der Waals surface area contributed by atoms with E-state index in [-0.39, 0.29) is 11.9 Å². The van der Waals surface area contributed by atoms with E-state index < -0.39 is 0 Å². The van der Waals surface area contributed by atoms with Crippen molar-refractivity contribution in [1.82, 2.24) is 15.6 Å². The van der Waals surface area contributed by atoms with Gasteiger partial charge in [-0.05, 0) is 57.7 Å². The van der Waals surface area contributed by atoms with E-state index in [0.717, 1.165) is 24.2 Å². The monoisotopic (exact) mass is 261 g/mol. The fourth-order valence-electron chi connectivity index (χ4n) is 2.54. The molecule has 1 aliphatic carbocycles. The second-order valence-electron chi connectivity index (χ2n) is 5.52. The molecular weight excluding hydrogens is 238 g/mol. The summed E-state index contributed by atoms with van der Waals surface area (Å²) < 4.78 is 0. The second-order valence-corrected chi connectivity index (χ2v) is 5.52. The van der Waals surface area contributed by atoms with Gasteiger partial charge in [0.2, 0.25) is 5.91 Å². The van der Waals surface area contributed by atoms with Crippen LogP contribution in [0.25, 0.3) is 0 Å². The zero-order chi connectivity index (χ0) is 14.0. The van der Waals surface area contributed by atoms with Gasteiger partial charge in [0.25, 0.3) is 0 Å². The Balaban J connectivity index is 1.95. The maximum absolute atomic E-state index is 11.7. The summed E-state index contributed by atoms with van der Waals surface area (Å²) in [6.45, 7) is 8.57. The van der Waals surface area contributed by atoms with Crippen molar-refractivity contribution >= 4 is 5.91 Å². The van der Waals surface area contributed by atoms with Gasteiger partial charge in [-0.3, -0.25) is 9.78 Å². The van der Waals surface area contributed by atoms with E-state index in [2.05, 4.69) is 35.5 Å². The predicted octanol–water partition coefficient (Wildman–Crippen LogP) is 1.94. The van der Waals surface area contributed by atoms with Crippen LogP contribution in [0.1, 0.15) is 48.3 Å². The highest BCUT2D eigenvalue weighted by Crippen LogP contribution is 2.21. The lowest BCUT2D eigenvalue weighted by Gasteiger charge is -2.19. The Morgan fingerprint density at radius 3 is 2.68 bits per heavy atom. The van der Waals surface area contributed by atoms with Crippen molar-refractivity contribution in [3.05, 3.63) is 28.6 Å². The first-order valence-electron chi connectivity index (χ1n) is 6.95. The third-order valence-corrected chi connectivity index (χ3v) is 3.53. The van der Waals surface area contributed by atoms with E-state index >= 15 is 0 Å². The molecule has 1 aromatic heterocycles. The van der Waals surface area contributed by atoms with E-state index in [1.165, 1.54) is 11.1 Å². The van der Waals surface area contributed by atoms with Gasteiger partial charge in [-0.15, -0.1) is 0 Å². The Kier molecular flexibility index (Phi) is 4.20. The van der Waals surface area contributed by atoms with Crippen LogP contribution in [0.5, 0.6) is 0 Å². The summed E-state index contributed by atoms with van der Waals surface area (Å²) in [7, 11) is 0. The third kappa shape index (κ3) is 3.77. The first-order chi connectivity index (χ1) is 8.97. The van der Waals surface area contributed by atoms with Gasteiger partial charge >= 0.3 is 0 Å². The van der Waals surface area contributed by atoms with E-state index in [1.807, 2.05) is 13.8 Å². The van der Waals surface area contributed by atoms with Gasteiger partial charge in [0.1, 0.15) is 0 Å². The molecule has 1 saturated carbocycles. The molecule has 19 heavy (non-hydrogen) atoms. The average Bonchev–Trinajstić information content (AvgIpc) is 3.08. The number of nitrogens with one attached hydrogen (secondary N) is 2. The van der Waals surface area contributed by atoms with E-state index in [1.54, 1.807) is 0 Å². The average molecular weight is 261 g/mol. The van der Waals surface area contributed by atoms with Crippen LogP contribution in [0, 0.1) is 20.8 Å². The fourth-order valence-corrected chi connectivity index (χ4v) is 2.54. The highest BCUT2D eigenvalue weighted by atomic mass is 16.2. The molecule has 1 amide bonds. The molecule has 1 fully saturated rings. The number of nitrogens with zero attached hydrogens (tertiary/aromatic N) is 1. The lowest BCUT2D eigenvalue weighted by molar-refractivity contribution is -0.120. The SMILES string of the molecule is Cc1cc(C)c(C(C)NCC(=O)NC2CC2)c(C)n1. The van der Waals surface area contributed by atoms with Crippen LogP contribution >= 0.6 is 0 Å². The Morgan fingerprint density at radius 2 is 2.11 bits per heavy atom. The van der Waals surface area contributed by atoms with Crippen molar-refractivity contribution in [2.75, 3.05) is 6.54 Å². The molecule has 1 atom stereocenters. The minimum atomic E-state index is 0.0877. The molecule has 4 nitrogen and oxygen atoms in total. The number of carbonyl (C=O) groups is 1. The number of pyridine rings is 1. The van der Waals surface area contributed by atoms with Crippen LogP contribution in [-0.4, -0.2) is 23.5 Å². The molecular formula is C15H23N3O. The molecule has 2 rings (SSSR count). The highest BCUT2D eigenvalue weighted by Gasteiger charge is 2.23. The van der Waals surface area contributed by atoms with Crippen molar-refractivity contribution in [1.29, 1.82) is 0 Å². The molecule has 0 spiro atoms. The lowest BCUT2D eigenvalue weighted by Crippen LogP contribution is -2.36. The summed E-state index contributed by atoms with van der Waals surface area (Å²) >= 11 is 0. The van der Waals surface area contributed by atoms with Gasteiger partial charge in [0, 0.05) is 23.5 Å². The van der Waals surface area contributed by atoms with Crippen molar-refractivity contribution in [3.8, 4) is 0 Å².